The molecular formula is C29H39N3O4. The van der Waals surface area contributed by atoms with Crippen molar-refractivity contribution in [3.05, 3.63) is 59.4 Å². The number of carbonyl (C=O) groups is 1. The van der Waals surface area contributed by atoms with Crippen molar-refractivity contribution in [1.82, 2.24) is 14.7 Å². The van der Waals surface area contributed by atoms with Crippen molar-refractivity contribution in [2.24, 2.45) is 0 Å². The highest BCUT2D eigenvalue weighted by Crippen LogP contribution is 2.38. The maximum Gasteiger partial charge on any atom is 0.410 e. The summed E-state index contributed by atoms with van der Waals surface area (Å²) in [5.41, 5.74) is 4.63. The van der Waals surface area contributed by atoms with Gasteiger partial charge in [-0.3, -0.25) is 4.90 Å². The molecule has 3 unspecified atom stereocenters. The molecule has 36 heavy (non-hydrogen) atoms. The van der Waals surface area contributed by atoms with Crippen LogP contribution < -0.4 is 0 Å². The quantitative estimate of drug-likeness (QED) is 0.505. The minimum absolute atomic E-state index is 0.0688. The predicted molar refractivity (Wildman–Crippen MR) is 139 cm³/mol. The van der Waals surface area contributed by atoms with Crippen LogP contribution in [0.5, 0.6) is 0 Å². The number of amides is 1. The molecule has 3 heterocycles. The first-order valence-electron chi connectivity index (χ1n) is 13.5. The molecule has 3 atom stereocenters. The fraction of sp³-hybridized carbons (Fsp3) is 0.586. The minimum Gasteiger partial charge on any atom is -0.453 e. The number of aromatic nitrogens is 2. The summed E-state index contributed by atoms with van der Waals surface area (Å²) >= 11 is 0. The molecule has 1 saturated heterocycles. The van der Waals surface area contributed by atoms with Crippen molar-refractivity contribution in [1.29, 1.82) is 0 Å². The highest BCUT2D eigenvalue weighted by Gasteiger charge is 2.40. The Labute approximate surface area is 214 Å². The van der Waals surface area contributed by atoms with Gasteiger partial charge in [-0.05, 0) is 75.8 Å². The van der Waals surface area contributed by atoms with Gasteiger partial charge in [0.25, 0.3) is 0 Å². The van der Waals surface area contributed by atoms with E-state index in [4.69, 9.17) is 19.3 Å². The number of rotatable bonds is 6. The molecule has 1 amide bonds. The Balaban J connectivity index is 1.32. The predicted octanol–water partition coefficient (Wildman–Crippen LogP) is 5.86. The molecule has 1 aromatic heterocycles. The standard InChI is InChI=1S/C29H39N3O4/c1-20-18-30-32(27-11-7-8-16-35-27)28(20)25-17-21(2)31(29(33)34-3)26(25)19-36-24-14-12-23(13-15-24)22-9-5-4-6-10-22/h4-6,9-10,17-18,21,23-24,26-27H,7-8,11-16,19H2,1-3H3. The number of benzene rings is 1. The minimum atomic E-state index is -0.326. The normalized spacial score (nSPS) is 28.7. The SMILES string of the molecule is COC(=O)N1C(C)C=C(c2c(C)cnn2C2CCCCO2)C1COC1CCC(c2ccccc2)CC1. The lowest BCUT2D eigenvalue weighted by Crippen LogP contribution is -2.44. The van der Waals surface area contributed by atoms with Crippen LogP contribution in [0.15, 0.2) is 42.6 Å². The molecule has 2 aliphatic heterocycles. The lowest BCUT2D eigenvalue weighted by atomic mass is 9.83. The van der Waals surface area contributed by atoms with Crippen LogP contribution in [0.1, 0.15) is 80.8 Å². The molecule has 1 aromatic carbocycles. The first-order chi connectivity index (χ1) is 17.6. The molecule has 0 N–H and O–H groups in total. The van der Waals surface area contributed by atoms with Crippen molar-refractivity contribution in [2.75, 3.05) is 20.3 Å². The van der Waals surface area contributed by atoms with E-state index in [1.165, 1.54) is 12.7 Å². The third kappa shape index (κ3) is 5.09. The average Bonchev–Trinajstić information content (AvgIpc) is 3.47. The monoisotopic (exact) mass is 493 g/mol. The fourth-order valence-electron chi connectivity index (χ4n) is 6.15. The summed E-state index contributed by atoms with van der Waals surface area (Å²) in [6.07, 6.45) is 11.4. The summed E-state index contributed by atoms with van der Waals surface area (Å²) in [5, 5.41) is 4.70. The second kappa shape index (κ2) is 11.2. The van der Waals surface area contributed by atoms with E-state index >= 15 is 0 Å². The number of hydrogen-bond donors (Lipinski definition) is 0. The van der Waals surface area contributed by atoms with Crippen molar-refractivity contribution >= 4 is 11.7 Å². The van der Waals surface area contributed by atoms with E-state index in [2.05, 4.69) is 43.3 Å². The van der Waals surface area contributed by atoms with Crippen LogP contribution in [0.25, 0.3) is 5.57 Å². The topological polar surface area (TPSA) is 65.8 Å². The molecular weight excluding hydrogens is 454 g/mol. The van der Waals surface area contributed by atoms with Gasteiger partial charge < -0.3 is 14.2 Å². The number of methoxy groups -OCH3 is 1. The Kier molecular flexibility index (Phi) is 7.77. The second-order valence-corrected chi connectivity index (χ2v) is 10.4. The third-order valence-corrected chi connectivity index (χ3v) is 8.06. The fourth-order valence-corrected chi connectivity index (χ4v) is 6.15. The van der Waals surface area contributed by atoms with Crippen molar-refractivity contribution in [3.63, 3.8) is 0 Å². The Hall–Kier alpha value is -2.64. The van der Waals surface area contributed by atoms with Gasteiger partial charge in [-0.25, -0.2) is 9.48 Å². The number of carbonyl (C=O) groups excluding carboxylic acids is 1. The Morgan fingerprint density at radius 1 is 1.11 bits per heavy atom. The molecule has 2 aromatic rings. The van der Waals surface area contributed by atoms with Gasteiger partial charge in [0.2, 0.25) is 0 Å². The zero-order valence-corrected chi connectivity index (χ0v) is 21.8. The molecule has 7 nitrogen and oxygen atoms in total. The summed E-state index contributed by atoms with van der Waals surface area (Å²) in [5.74, 6) is 0.604. The van der Waals surface area contributed by atoms with Gasteiger partial charge in [0.15, 0.2) is 6.23 Å². The van der Waals surface area contributed by atoms with Crippen LogP contribution in [0, 0.1) is 6.92 Å². The highest BCUT2D eigenvalue weighted by molar-refractivity contribution is 5.80. The van der Waals surface area contributed by atoms with Gasteiger partial charge in [0.05, 0.1) is 43.8 Å². The largest absolute Gasteiger partial charge is 0.453 e. The Bertz CT molecular complexity index is 1050. The summed E-state index contributed by atoms with van der Waals surface area (Å²) in [4.78, 5) is 14.6. The number of nitrogens with zero attached hydrogens (tertiary/aromatic N) is 3. The van der Waals surface area contributed by atoms with Crippen LogP contribution in [-0.4, -0.2) is 59.3 Å². The van der Waals surface area contributed by atoms with Gasteiger partial charge in [-0.1, -0.05) is 36.4 Å². The first-order valence-corrected chi connectivity index (χ1v) is 13.5. The van der Waals surface area contributed by atoms with Gasteiger partial charge in [0, 0.05) is 12.2 Å². The van der Waals surface area contributed by atoms with E-state index in [1.807, 2.05) is 22.7 Å². The van der Waals surface area contributed by atoms with E-state index in [0.29, 0.717) is 12.5 Å². The smallest absolute Gasteiger partial charge is 0.410 e. The maximum atomic E-state index is 12.8. The van der Waals surface area contributed by atoms with Crippen molar-refractivity contribution < 1.29 is 19.0 Å². The zero-order chi connectivity index (χ0) is 25.1. The third-order valence-electron chi connectivity index (χ3n) is 8.06. The molecule has 194 valence electrons. The average molecular weight is 494 g/mol. The molecule has 0 radical (unpaired) electrons. The number of ether oxygens (including phenoxy) is 3. The van der Waals surface area contributed by atoms with Gasteiger partial charge in [-0.15, -0.1) is 0 Å². The second-order valence-electron chi connectivity index (χ2n) is 10.4. The molecule has 5 rings (SSSR count). The van der Waals surface area contributed by atoms with Crippen molar-refractivity contribution in [2.45, 2.75) is 89.1 Å². The van der Waals surface area contributed by atoms with Gasteiger partial charge in [0.1, 0.15) is 0 Å². The molecule has 0 spiro atoms. The van der Waals surface area contributed by atoms with Crippen LogP contribution in [0.2, 0.25) is 0 Å². The van der Waals surface area contributed by atoms with Crippen molar-refractivity contribution in [3.8, 4) is 0 Å². The van der Waals surface area contributed by atoms with Crippen LogP contribution in [0.4, 0.5) is 4.79 Å². The first kappa shape index (κ1) is 25.0. The lowest BCUT2D eigenvalue weighted by molar-refractivity contribution is -0.0402. The zero-order valence-electron chi connectivity index (χ0n) is 21.8. The molecule has 2 fully saturated rings. The van der Waals surface area contributed by atoms with Gasteiger partial charge >= 0.3 is 6.09 Å². The van der Waals surface area contributed by atoms with E-state index < -0.39 is 0 Å². The van der Waals surface area contributed by atoms with E-state index in [0.717, 1.165) is 68.4 Å². The Morgan fingerprint density at radius 2 is 1.89 bits per heavy atom. The molecule has 7 heteroatoms. The van der Waals surface area contributed by atoms with Gasteiger partial charge in [-0.2, -0.15) is 5.10 Å². The van der Waals surface area contributed by atoms with Crippen LogP contribution >= 0.6 is 0 Å². The number of hydrogen-bond acceptors (Lipinski definition) is 5. The number of aryl methyl sites for hydroxylation is 1. The van der Waals surface area contributed by atoms with E-state index in [-0.39, 0.29) is 30.5 Å². The van der Waals surface area contributed by atoms with Crippen LogP contribution in [-0.2, 0) is 14.2 Å². The summed E-state index contributed by atoms with van der Waals surface area (Å²) < 4.78 is 19.8. The summed E-state index contributed by atoms with van der Waals surface area (Å²) in [6, 6.07) is 10.5. The molecule has 3 aliphatic rings. The molecule has 1 saturated carbocycles. The Morgan fingerprint density at radius 3 is 2.58 bits per heavy atom. The molecule has 0 bridgehead atoms. The maximum absolute atomic E-state index is 12.8. The van der Waals surface area contributed by atoms with E-state index in [1.54, 1.807) is 0 Å². The van der Waals surface area contributed by atoms with E-state index in [9.17, 15) is 4.79 Å². The summed E-state index contributed by atoms with van der Waals surface area (Å²) in [6.45, 7) is 5.32. The molecule has 1 aliphatic carbocycles. The van der Waals surface area contributed by atoms with Crippen LogP contribution in [0.3, 0.4) is 0 Å². The summed E-state index contributed by atoms with van der Waals surface area (Å²) in [7, 11) is 1.45. The lowest BCUT2D eigenvalue weighted by Gasteiger charge is -2.33. The highest BCUT2D eigenvalue weighted by atomic mass is 16.5.